The summed E-state index contributed by atoms with van der Waals surface area (Å²) >= 11 is 0. The van der Waals surface area contributed by atoms with Crippen LogP contribution in [0.4, 0.5) is 11.5 Å². The van der Waals surface area contributed by atoms with E-state index in [-0.39, 0.29) is 5.91 Å². The lowest BCUT2D eigenvalue weighted by Gasteiger charge is -2.31. The summed E-state index contributed by atoms with van der Waals surface area (Å²) in [7, 11) is 0. The van der Waals surface area contributed by atoms with Crippen LogP contribution in [0.3, 0.4) is 0 Å². The van der Waals surface area contributed by atoms with E-state index in [4.69, 9.17) is 9.47 Å². The number of amides is 1. The SMILES string of the molecule is Cc1cc(Nc2ncnn3ccc(C4CCN(C(=O)/C=C/CN5CCOCC5)CC4)c23)ccc1Oc1ccn2ncnc2c1. The standard InChI is InChI=1S/C32H35N9O3/c1-23-19-25(4-5-28(23)44-26-8-13-40-29(20-26)33-21-35-40)37-32-31-27(9-14-41(31)36-22-34-32)24-6-11-39(12-7-24)30(42)3-2-10-38-15-17-43-18-16-38/h2-5,8-9,13-14,19-22,24H,6-7,10-12,15-18H2,1H3,(H,34,36,37)/b3-2+. The van der Waals surface area contributed by atoms with Gasteiger partial charge in [0.25, 0.3) is 0 Å². The number of hydrogen-bond acceptors (Lipinski definition) is 9. The minimum absolute atomic E-state index is 0.0889. The number of benzene rings is 1. The van der Waals surface area contributed by atoms with Crippen molar-refractivity contribution in [3.8, 4) is 11.5 Å². The Morgan fingerprint density at radius 3 is 2.64 bits per heavy atom. The number of ether oxygens (including phenoxy) is 2. The predicted octanol–water partition coefficient (Wildman–Crippen LogP) is 4.21. The molecular weight excluding hydrogens is 558 g/mol. The number of nitrogens with one attached hydrogen (secondary N) is 1. The van der Waals surface area contributed by atoms with Gasteiger partial charge in [0.15, 0.2) is 11.5 Å². The number of nitrogens with zero attached hydrogens (tertiary/aromatic N) is 8. The predicted molar refractivity (Wildman–Crippen MR) is 165 cm³/mol. The van der Waals surface area contributed by atoms with Crippen LogP contribution in [-0.2, 0) is 9.53 Å². The summed E-state index contributed by atoms with van der Waals surface area (Å²) in [5.41, 5.74) is 4.77. The molecule has 5 aromatic rings. The first-order valence-corrected chi connectivity index (χ1v) is 15.0. The molecule has 0 radical (unpaired) electrons. The Morgan fingerprint density at radius 2 is 1.80 bits per heavy atom. The molecule has 226 valence electrons. The Bertz CT molecular complexity index is 1800. The number of carbonyl (C=O) groups is 1. The minimum Gasteiger partial charge on any atom is -0.457 e. The van der Waals surface area contributed by atoms with E-state index in [1.165, 1.54) is 11.9 Å². The van der Waals surface area contributed by atoms with E-state index < -0.39 is 0 Å². The van der Waals surface area contributed by atoms with Crippen molar-refractivity contribution in [2.75, 3.05) is 51.3 Å². The molecule has 12 heteroatoms. The Hall–Kier alpha value is -4.81. The smallest absolute Gasteiger partial charge is 0.246 e. The van der Waals surface area contributed by atoms with Gasteiger partial charge < -0.3 is 19.7 Å². The number of carbonyl (C=O) groups excluding carboxylic acids is 1. The Labute approximate surface area is 254 Å². The molecule has 0 aliphatic carbocycles. The highest BCUT2D eigenvalue weighted by Crippen LogP contribution is 2.35. The molecule has 0 saturated carbocycles. The van der Waals surface area contributed by atoms with Crippen molar-refractivity contribution in [2.24, 2.45) is 0 Å². The molecule has 44 heavy (non-hydrogen) atoms. The Balaban J connectivity index is 1.01. The van der Waals surface area contributed by atoms with Crippen molar-refractivity contribution in [3.05, 3.63) is 84.7 Å². The lowest BCUT2D eigenvalue weighted by atomic mass is 9.90. The molecule has 12 nitrogen and oxygen atoms in total. The number of likely N-dealkylation sites (tertiary alicyclic amines) is 1. The molecule has 0 bridgehead atoms. The Morgan fingerprint density at radius 1 is 1.00 bits per heavy atom. The van der Waals surface area contributed by atoms with Crippen LogP contribution in [0.5, 0.6) is 11.5 Å². The molecule has 0 spiro atoms. The van der Waals surface area contributed by atoms with Gasteiger partial charge in [-0.15, -0.1) is 0 Å². The summed E-state index contributed by atoms with van der Waals surface area (Å²) in [6.07, 6.45) is 12.4. The molecule has 2 aliphatic rings. The number of fused-ring (bicyclic) bond motifs is 2. The van der Waals surface area contributed by atoms with Crippen LogP contribution < -0.4 is 10.1 Å². The first-order chi connectivity index (χ1) is 21.6. The van der Waals surface area contributed by atoms with E-state index in [0.29, 0.717) is 11.7 Å². The zero-order chi connectivity index (χ0) is 29.9. The third-order valence-electron chi connectivity index (χ3n) is 8.38. The number of rotatable bonds is 8. The van der Waals surface area contributed by atoms with E-state index in [1.807, 2.05) is 65.1 Å². The van der Waals surface area contributed by atoms with Crippen molar-refractivity contribution in [3.63, 3.8) is 0 Å². The highest BCUT2D eigenvalue weighted by atomic mass is 16.5. The highest BCUT2D eigenvalue weighted by Gasteiger charge is 2.26. The molecule has 1 N–H and O–H groups in total. The first-order valence-electron chi connectivity index (χ1n) is 15.0. The fourth-order valence-corrected chi connectivity index (χ4v) is 5.97. The molecule has 1 aromatic carbocycles. The van der Waals surface area contributed by atoms with Gasteiger partial charge in [0.1, 0.15) is 29.7 Å². The molecule has 2 fully saturated rings. The van der Waals surface area contributed by atoms with Crippen LogP contribution in [-0.4, -0.2) is 90.8 Å². The van der Waals surface area contributed by atoms with E-state index in [1.54, 1.807) is 16.9 Å². The van der Waals surface area contributed by atoms with Gasteiger partial charge >= 0.3 is 0 Å². The normalized spacial score (nSPS) is 16.7. The fraction of sp³-hybridized carbons (Fsp3) is 0.344. The quantitative estimate of drug-likeness (QED) is 0.264. The molecule has 0 atom stereocenters. The minimum atomic E-state index is 0.0889. The van der Waals surface area contributed by atoms with Crippen LogP contribution in [0.25, 0.3) is 11.2 Å². The third-order valence-corrected chi connectivity index (χ3v) is 8.38. The molecule has 1 amide bonds. The van der Waals surface area contributed by atoms with Gasteiger partial charge in [-0.25, -0.2) is 19.0 Å². The average molecular weight is 594 g/mol. The lowest BCUT2D eigenvalue weighted by Crippen LogP contribution is -2.38. The van der Waals surface area contributed by atoms with Crippen LogP contribution in [0.1, 0.15) is 29.9 Å². The molecule has 2 saturated heterocycles. The zero-order valence-corrected chi connectivity index (χ0v) is 24.7. The topological polar surface area (TPSA) is 114 Å². The maximum atomic E-state index is 12.8. The number of morpholine rings is 1. The number of pyridine rings is 1. The van der Waals surface area contributed by atoms with Gasteiger partial charge in [0.2, 0.25) is 5.91 Å². The monoisotopic (exact) mass is 593 g/mol. The number of aryl methyl sites for hydroxylation is 1. The van der Waals surface area contributed by atoms with E-state index >= 15 is 0 Å². The summed E-state index contributed by atoms with van der Waals surface area (Å²) in [6, 6.07) is 11.8. The van der Waals surface area contributed by atoms with E-state index in [9.17, 15) is 4.79 Å². The van der Waals surface area contributed by atoms with E-state index in [2.05, 4.69) is 36.4 Å². The molecule has 2 aliphatic heterocycles. The highest BCUT2D eigenvalue weighted by molar-refractivity contribution is 5.87. The third kappa shape index (κ3) is 5.99. The zero-order valence-electron chi connectivity index (χ0n) is 24.7. The number of anilines is 2. The van der Waals surface area contributed by atoms with Crippen LogP contribution >= 0.6 is 0 Å². The summed E-state index contributed by atoms with van der Waals surface area (Å²) < 4.78 is 15.1. The van der Waals surface area contributed by atoms with Crippen LogP contribution in [0.2, 0.25) is 0 Å². The summed E-state index contributed by atoms with van der Waals surface area (Å²) in [4.78, 5) is 25.9. The van der Waals surface area contributed by atoms with Crippen molar-refractivity contribution < 1.29 is 14.3 Å². The molecule has 7 rings (SSSR count). The first kappa shape index (κ1) is 28.0. The van der Waals surface area contributed by atoms with Gasteiger partial charge in [-0.2, -0.15) is 10.2 Å². The number of hydrogen-bond donors (Lipinski definition) is 1. The van der Waals surface area contributed by atoms with Crippen molar-refractivity contribution in [2.45, 2.75) is 25.7 Å². The van der Waals surface area contributed by atoms with Crippen LogP contribution in [0.15, 0.2) is 73.6 Å². The second-order valence-corrected chi connectivity index (χ2v) is 11.2. The maximum absolute atomic E-state index is 12.8. The fourth-order valence-electron chi connectivity index (χ4n) is 5.97. The number of piperidine rings is 1. The van der Waals surface area contributed by atoms with Crippen molar-refractivity contribution >= 4 is 28.6 Å². The van der Waals surface area contributed by atoms with Crippen molar-refractivity contribution in [1.29, 1.82) is 0 Å². The van der Waals surface area contributed by atoms with Gasteiger partial charge in [0, 0.05) is 62.9 Å². The second kappa shape index (κ2) is 12.4. The summed E-state index contributed by atoms with van der Waals surface area (Å²) in [5, 5.41) is 12.1. The summed E-state index contributed by atoms with van der Waals surface area (Å²) in [6.45, 7) is 7.60. The Kier molecular flexibility index (Phi) is 7.91. The average Bonchev–Trinajstić information content (AvgIpc) is 3.71. The van der Waals surface area contributed by atoms with E-state index in [0.717, 1.165) is 92.8 Å². The van der Waals surface area contributed by atoms with Gasteiger partial charge in [-0.1, -0.05) is 6.08 Å². The molecule has 4 aromatic heterocycles. The maximum Gasteiger partial charge on any atom is 0.246 e. The lowest BCUT2D eigenvalue weighted by molar-refractivity contribution is -0.127. The van der Waals surface area contributed by atoms with Gasteiger partial charge in [0.05, 0.1) is 13.2 Å². The van der Waals surface area contributed by atoms with Gasteiger partial charge in [-0.3, -0.25) is 9.69 Å². The summed E-state index contributed by atoms with van der Waals surface area (Å²) in [5.74, 6) is 2.60. The molecule has 0 unspecified atom stereocenters. The number of aromatic nitrogens is 6. The molecular formula is C32H35N9O3. The second-order valence-electron chi connectivity index (χ2n) is 11.2. The van der Waals surface area contributed by atoms with Gasteiger partial charge in [-0.05, 0) is 67.1 Å². The molecule has 6 heterocycles. The van der Waals surface area contributed by atoms with Crippen LogP contribution in [0, 0.1) is 6.92 Å². The van der Waals surface area contributed by atoms with Crippen molar-refractivity contribution in [1.82, 2.24) is 39.0 Å². The largest absolute Gasteiger partial charge is 0.457 e.